The zero-order valence-corrected chi connectivity index (χ0v) is 16.4. The number of fused-ring (bicyclic) bond motifs is 1. The molecular weight excluding hydrogens is 358 g/mol. The quantitative estimate of drug-likeness (QED) is 0.593. The third-order valence-corrected chi connectivity index (χ3v) is 4.51. The van der Waals surface area contributed by atoms with Gasteiger partial charge in [-0.05, 0) is 36.2 Å². The molecule has 0 fully saturated rings. The predicted octanol–water partition coefficient (Wildman–Crippen LogP) is 2.88. The number of aromatic amines is 1. The van der Waals surface area contributed by atoms with Crippen LogP contribution in [0, 0.1) is 0 Å². The van der Waals surface area contributed by atoms with Crippen LogP contribution < -0.4 is 19.5 Å². The summed E-state index contributed by atoms with van der Waals surface area (Å²) in [5, 5.41) is 2.94. The lowest BCUT2D eigenvalue weighted by Crippen LogP contribution is -2.26. The SMILES string of the molecule is COc1ccc2nc(CCNC(=O)CCc3ccc(OC)c(OC)c3)[nH]c2c1. The van der Waals surface area contributed by atoms with E-state index in [0.29, 0.717) is 37.3 Å². The number of hydrogen-bond acceptors (Lipinski definition) is 5. The van der Waals surface area contributed by atoms with Crippen molar-refractivity contribution < 1.29 is 19.0 Å². The second kappa shape index (κ2) is 9.12. The number of carbonyl (C=O) groups is 1. The molecule has 0 spiro atoms. The van der Waals surface area contributed by atoms with E-state index in [-0.39, 0.29) is 5.91 Å². The number of ether oxygens (including phenoxy) is 3. The second-order valence-corrected chi connectivity index (χ2v) is 6.36. The van der Waals surface area contributed by atoms with Crippen molar-refractivity contribution in [2.75, 3.05) is 27.9 Å². The van der Waals surface area contributed by atoms with E-state index >= 15 is 0 Å². The minimum atomic E-state index is 0.00700. The van der Waals surface area contributed by atoms with Gasteiger partial charge in [0.2, 0.25) is 5.91 Å². The van der Waals surface area contributed by atoms with E-state index in [2.05, 4.69) is 15.3 Å². The van der Waals surface area contributed by atoms with Gasteiger partial charge in [-0.25, -0.2) is 4.98 Å². The Hall–Kier alpha value is -3.22. The number of aryl methyl sites for hydroxylation is 1. The van der Waals surface area contributed by atoms with Gasteiger partial charge in [0.1, 0.15) is 11.6 Å². The zero-order chi connectivity index (χ0) is 19.9. The molecule has 0 saturated carbocycles. The van der Waals surface area contributed by atoms with Crippen LogP contribution in [-0.4, -0.2) is 43.7 Å². The third kappa shape index (κ3) is 4.73. The first-order valence-corrected chi connectivity index (χ1v) is 9.13. The van der Waals surface area contributed by atoms with Crippen molar-refractivity contribution in [2.24, 2.45) is 0 Å². The first kappa shape index (κ1) is 19.5. The van der Waals surface area contributed by atoms with Crippen molar-refractivity contribution >= 4 is 16.9 Å². The Balaban J connectivity index is 1.47. The van der Waals surface area contributed by atoms with Crippen LogP contribution in [0.3, 0.4) is 0 Å². The minimum Gasteiger partial charge on any atom is -0.497 e. The number of methoxy groups -OCH3 is 3. The Kier molecular flexibility index (Phi) is 6.37. The molecule has 2 aromatic carbocycles. The van der Waals surface area contributed by atoms with Crippen molar-refractivity contribution in [1.29, 1.82) is 0 Å². The number of aromatic nitrogens is 2. The molecule has 1 aromatic heterocycles. The molecule has 7 heteroatoms. The molecule has 1 heterocycles. The van der Waals surface area contributed by atoms with E-state index in [9.17, 15) is 4.79 Å². The molecule has 0 bridgehead atoms. The van der Waals surface area contributed by atoms with Crippen LogP contribution >= 0.6 is 0 Å². The number of amides is 1. The van der Waals surface area contributed by atoms with Gasteiger partial charge in [0.25, 0.3) is 0 Å². The Morgan fingerprint density at radius 3 is 2.57 bits per heavy atom. The topological polar surface area (TPSA) is 85.5 Å². The van der Waals surface area contributed by atoms with Crippen molar-refractivity contribution in [3.8, 4) is 17.2 Å². The van der Waals surface area contributed by atoms with E-state index in [0.717, 1.165) is 28.2 Å². The van der Waals surface area contributed by atoms with Crippen LogP contribution in [-0.2, 0) is 17.6 Å². The lowest BCUT2D eigenvalue weighted by Gasteiger charge is -2.09. The maximum Gasteiger partial charge on any atom is 0.220 e. The number of hydrogen-bond donors (Lipinski definition) is 2. The fourth-order valence-corrected chi connectivity index (χ4v) is 2.99. The van der Waals surface area contributed by atoms with Crippen LogP contribution in [0.25, 0.3) is 11.0 Å². The number of nitrogens with zero attached hydrogens (tertiary/aromatic N) is 1. The van der Waals surface area contributed by atoms with E-state index in [1.807, 2.05) is 36.4 Å². The highest BCUT2D eigenvalue weighted by Gasteiger charge is 2.08. The summed E-state index contributed by atoms with van der Waals surface area (Å²) in [6.07, 6.45) is 1.68. The molecule has 0 aliphatic rings. The molecule has 148 valence electrons. The summed E-state index contributed by atoms with van der Waals surface area (Å²) in [6, 6.07) is 11.4. The van der Waals surface area contributed by atoms with E-state index in [1.54, 1.807) is 21.3 Å². The highest BCUT2D eigenvalue weighted by atomic mass is 16.5. The van der Waals surface area contributed by atoms with Crippen LogP contribution in [0.2, 0.25) is 0 Å². The Morgan fingerprint density at radius 1 is 1.00 bits per heavy atom. The van der Waals surface area contributed by atoms with Gasteiger partial charge >= 0.3 is 0 Å². The summed E-state index contributed by atoms with van der Waals surface area (Å²) in [5.41, 5.74) is 2.84. The summed E-state index contributed by atoms with van der Waals surface area (Å²) < 4.78 is 15.7. The molecule has 2 N–H and O–H groups in total. The molecule has 0 aliphatic heterocycles. The lowest BCUT2D eigenvalue weighted by molar-refractivity contribution is -0.121. The smallest absolute Gasteiger partial charge is 0.220 e. The fourth-order valence-electron chi connectivity index (χ4n) is 2.99. The van der Waals surface area contributed by atoms with E-state index in [1.165, 1.54) is 0 Å². The number of imidazole rings is 1. The Bertz CT molecular complexity index is 952. The van der Waals surface area contributed by atoms with Crippen molar-refractivity contribution in [3.05, 3.63) is 47.8 Å². The van der Waals surface area contributed by atoms with E-state index in [4.69, 9.17) is 14.2 Å². The molecule has 3 rings (SSSR count). The molecule has 1 amide bonds. The van der Waals surface area contributed by atoms with Crippen molar-refractivity contribution in [2.45, 2.75) is 19.3 Å². The standard InChI is InChI=1S/C21H25N3O4/c1-26-15-6-7-16-17(13-15)24-20(23-16)10-11-22-21(25)9-5-14-4-8-18(27-2)19(12-14)28-3/h4,6-8,12-13H,5,9-11H2,1-3H3,(H,22,25)(H,23,24). The Labute approximate surface area is 164 Å². The number of benzene rings is 2. The van der Waals surface area contributed by atoms with Crippen molar-refractivity contribution in [3.63, 3.8) is 0 Å². The van der Waals surface area contributed by atoms with Crippen LogP contribution in [0.15, 0.2) is 36.4 Å². The predicted molar refractivity (Wildman–Crippen MR) is 107 cm³/mol. The monoisotopic (exact) mass is 383 g/mol. The van der Waals surface area contributed by atoms with Gasteiger partial charge < -0.3 is 24.5 Å². The van der Waals surface area contributed by atoms with Gasteiger partial charge in [-0.15, -0.1) is 0 Å². The first-order valence-electron chi connectivity index (χ1n) is 9.13. The number of carbonyl (C=O) groups excluding carboxylic acids is 1. The molecule has 28 heavy (non-hydrogen) atoms. The molecule has 0 unspecified atom stereocenters. The van der Waals surface area contributed by atoms with Crippen LogP contribution in [0.4, 0.5) is 0 Å². The number of nitrogens with one attached hydrogen (secondary N) is 2. The molecule has 7 nitrogen and oxygen atoms in total. The average molecular weight is 383 g/mol. The van der Waals surface area contributed by atoms with Crippen LogP contribution in [0.1, 0.15) is 17.8 Å². The first-order chi connectivity index (χ1) is 13.6. The minimum absolute atomic E-state index is 0.00700. The molecule has 0 saturated heterocycles. The summed E-state index contributed by atoms with van der Waals surface area (Å²) in [7, 11) is 4.84. The summed E-state index contributed by atoms with van der Waals surface area (Å²) in [4.78, 5) is 19.9. The second-order valence-electron chi connectivity index (χ2n) is 6.36. The number of H-pyrrole nitrogens is 1. The van der Waals surface area contributed by atoms with Gasteiger partial charge in [0, 0.05) is 25.5 Å². The lowest BCUT2D eigenvalue weighted by atomic mass is 10.1. The summed E-state index contributed by atoms with van der Waals surface area (Å²) >= 11 is 0. The zero-order valence-electron chi connectivity index (χ0n) is 16.4. The van der Waals surface area contributed by atoms with Gasteiger partial charge in [-0.2, -0.15) is 0 Å². The van der Waals surface area contributed by atoms with Gasteiger partial charge in [-0.1, -0.05) is 6.07 Å². The highest BCUT2D eigenvalue weighted by Crippen LogP contribution is 2.27. The van der Waals surface area contributed by atoms with E-state index < -0.39 is 0 Å². The maximum atomic E-state index is 12.1. The Morgan fingerprint density at radius 2 is 1.82 bits per heavy atom. The molecular formula is C21H25N3O4. The van der Waals surface area contributed by atoms with Crippen LogP contribution in [0.5, 0.6) is 17.2 Å². The maximum absolute atomic E-state index is 12.1. The van der Waals surface area contributed by atoms with Gasteiger partial charge in [-0.3, -0.25) is 4.79 Å². The molecule has 0 atom stereocenters. The summed E-state index contributed by atoms with van der Waals surface area (Å²) in [6.45, 7) is 0.529. The molecule has 0 radical (unpaired) electrons. The molecule has 0 aliphatic carbocycles. The summed E-state index contributed by atoms with van der Waals surface area (Å²) in [5.74, 6) is 2.98. The third-order valence-electron chi connectivity index (χ3n) is 4.51. The average Bonchev–Trinajstić information content (AvgIpc) is 3.13. The largest absolute Gasteiger partial charge is 0.497 e. The van der Waals surface area contributed by atoms with Gasteiger partial charge in [0.15, 0.2) is 11.5 Å². The molecule has 3 aromatic rings. The highest BCUT2D eigenvalue weighted by molar-refractivity contribution is 5.77. The van der Waals surface area contributed by atoms with Gasteiger partial charge in [0.05, 0.1) is 32.4 Å². The normalized spacial score (nSPS) is 10.7. The fraction of sp³-hybridized carbons (Fsp3) is 0.333. The number of rotatable bonds is 9. The van der Waals surface area contributed by atoms with Crippen molar-refractivity contribution in [1.82, 2.24) is 15.3 Å².